The third-order valence-electron chi connectivity index (χ3n) is 3.21. The zero-order valence-corrected chi connectivity index (χ0v) is 12.4. The molecule has 1 atom stereocenters. The van der Waals surface area contributed by atoms with Gasteiger partial charge in [0.05, 0.1) is 0 Å². The Labute approximate surface area is 123 Å². The van der Waals surface area contributed by atoms with Gasteiger partial charge in [0.25, 0.3) is 0 Å². The monoisotopic (exact) mass is 300 g/mol. The predicted molar refractivity (Wildman–Crippen MR) is 77.0 cm³/mol. The maximum absolute atomic E-state index is 12.1. The number of benzene rings is 1. The van der Waals surface area contributed by atoms with Crippen molar-refractivity contribution in [2.75, 3.05) is 13.6 Å². The highest BCUT2D eigenvalue weighted by molar-refractivity contribution is 5.78. The maximum atomic E-state index is 12.1. The molecule has 0 heterocycles. The molecule has 0 saturated heterocycles. The average molecular weight is 300 g/mol. The molecule has 118 valence electrons. The van der Waals surface area contributed by atoms with Crippen LogP contribution in [-0.4, -0.2) is 31.0 Å². The first-order valence-electron chi connectivity index (χ1n) is 6.92. The molecule has 2 N–H and O–H groups in total. The summed E-state index contributed by atoms with van der Waals surface area (Å²) in [4.78, 5) is 13.8. The first kappa shape index (κ1) is 17.4. The number of rotatable bonds is 8. The van der Waals surface area contributed by atoms with Crippen LogP contribution in [0.4, 0.5) is 8.78 Å². The van der Waals surface area contributed by atoms with Crippen molar-refractivity contribution in [1.82, 2.24) is 4.90 Å². The number of nitrogens with zero attached hydrogens (tertiary/aromatic N) is 1. The van der Waals surface area contributed by atoms with Gasteiger partial charge in [-0.05, 0) is 37.1 Å². The number of halogens is 2. The van der Waals surface area contributed by atoms with E-state index in [9.17, 15) is 13.6 Å². The standard InChI is InChI=1S/C15H22F2N2O2/c1-11(4-3-9-18)14(20)19(2)10-12-5-7-13(8-6-12)21-15(16)17/h5-8,11,15H,3-4,9-10,18H2,1-2H3. The summed E-state index contributed by atoms with van der Waals surface area (Å²) in [5.41, 5.74) is 6.29. The van der Waals surface area contributed by atoms with E-state index < -0.39 is 6.61 Å². The number of carbonyl (C=O) groups excluding carboxylic acids is 1. The number of alkyl halides is 2. The normalized spacial score (nSPS) is 12.3. The van der Waals surface area contributed by atoms with E-state index in [4.69, 9.17) is 5.73 Å². The largest absolute Gasteiger partial charge is 0.435 e. The molecular formula is C15H22F2N2O2. The van der Waals surface area contributed by atoms with Crippen molar-refractivity contribution in [2.24, 2.45) is 11.7 Å². The van der Waals surface area contributed by atoms with Crippen LogP contribution in [0.1, 0.15) is 25.3 Å². The van der Waals surface area contributed by atoms with E-state index in [-0.39, 0.29) is 17.6 Å². The van der Waals surface area contributed by atoms with E-state index in [0.717, 1.165) is 18.4 Å². The van der Waals surface area contributed by atoms with Gasteiger partial charge in [-0.25, -0.2) is 0 Å². The highest BCUT2D eigenvalue weighted by atomic mass is 19.3. The molecule has 0 aliphatic heterocycles. The van der Waals surface area contributed by atoms with E-state index in [1.54, 1.807) is 24.1 Å². The third kappa shape index (κ3) is 6.08. The molecule has 0 spiro atoms. The van der Waals surface area contributed by atoms with Crippen LogP contribution in [0.3, 0.4) is 0 Å². The van der Waals surface area contributed by atoms with Crippen LogP contribution >= 0.6 is 0 Å². The molecule has 6 heteroatoms. The third-order valence-corrected chi connectivity index (χ3v) is 3.21. The SMILES string of the molecule is CC(CCCN)C(=O)N(C)Cc1ccc(OC(F)F)cc1. The molecular weight excluding hydrogens is 278 g/mol. The fraction of sp³-hybridized carbons (Fsp3) is 0.533. The van der Waals surface area contributed by atoms with E-state index in [1.807, 2.05) is 6.92 Å². The Morgan fingerprint density at radius 2 is 1.95 bits per heavy atom. The molecule has 1 aromatic rings. The summed E-state index contributed by atoms with van der Waals surface area (Å²) in [6.07, 6.45) is 1.58. The van der Waals surface area contributed by atoms with Gasteiger partial charge in [-0.3, -0.25) is 4.79 Å². The number of ether oxygens (including phenoxy) is 1. The van der Waals surface area contributed by atoms with E-state index in [0.29, 0.717) is 13.1 Å². The second-order valence-electron chi connectivity index (χ2n) is 5.05. The van der Waals surface area contributed by atoms with Crippen LogP contribution in [0.2, 0.25) is 0 Å². The minimum atomic E-state index is -2.83. The summed E-state index contributed by atoms with van der Waals surface area (Å²) < 4.78 is 28.4. The predicted octanol–water partition coefficient (Wildman–Crippen LogP) is 2.62. The fourth-order valence-corrected chi connectivity index (χ4v) is 2.05. The molecule has 0 radical (unpaired) electrons. The molecule has 0 aliphatic carbocycles. The van der Waals surface area contributed by atoms with Crippen LogP contribution in [0, 0.1) is 5.92 Å². The lowest BCUT2D eigenvalue weighted by atomic mass is 10.0. The number of hydrogen-bond donors (Lipinski definition) is 1. The zero-order chi connectivity index (χ0) is 15.8. The lowest BCUT2D eigenvalue weighted by Gasteiger charge is -2.21. The van der Waals surface area contributed by atoms with Crippen molar-refractivity contribution >= 4 is 5.91 Å². The molecule has 0 bridgehead atoms. The van der Waals surface area contributed by atoms with Crippen molar-refractivity contribution in [3.63, 3.8) is 0 Å². The topological polar surface area (TPSA) is 55.6 Å². The smallest absolute Gasteiger partial charge is 0.387 e. The van der Waals surface area contributed by atoms with Gasteiger partial charge in [-0.2, -0.15) is 8.78 Å². The van der Waals surface area contributed by atoms with Gasteiger partial charge in [-0.1, -0.05) is 19.1 Å². The molecule has 0 aromatic heterocycles. The van der Waals surface area contributed by atoms with Crippen LogP contribution in [0.25, 0.3) is 0 Å². The molecule has 0 saturated carbocycles. The fourth-order valence-electron chi connectivity index (χ4n) is 2.05. The average Bonchev–Trinajstić information content (AvgIpc) is 2.45. The summed E-state index contributed by atoms with van der Waals surface area (Å²) in [7, 11) is 1.73. The van der Waals surface area contributed by atoms with E-state index in [1.165, 1.54) is 12.1 Å². The highest BCUT2D eigenvalue weighted by Gasteiger charge is 2.17. The van der Waals surface area contributed by atoms with Gasteiger partial charge < -0.3 is 15.4 Å². The first-order valence-corrected chi connectivity index (χ1v) is 6.92. The summed E-state index contributed by atoms with van der Waals surface area (Å²) >= 11 is 0. The first-order chi connectivity index (χ1) is 9.93. The van der Waals surface area contributed by atoms with Gasteiger partial charge in [0.15, 0.2) is 0 Å². The van der Waals surface area contributed by atoms with Crippen molar-refractivity contribution in [2.45, 2.75) is 32.9 Å². The summed E-state index contributed by atoms with van der Waals surface area (Å²) in [6.45, 7) is 0.0605. The van der Waals surface area contributed by atoms with Gasteiger partial charge in [0.2, 0.25) is 5.91 Å². The van der Waals surface area contributed by atoms with Crippen LogP contribution < -0.4 is 10.5 Å². The van der Waals surface area contributed by atoms with Crippen molar-refractivity contribution < 1.29 is 18.3 Å². The highest BCUT2D eigenvalue weighted by Crippen LogP contribution is 2.17. The van der Waals surface area contributed by atoms with Crippen molar-refractivity contribution in [3.8, 4) is 5.75 Å². The van der Waals surface area contributed by atoms with Gasteiger partial charge in [0.1, 0.15) is 5.75 Å². The lowest BCUT2D eigenvalue weighted by Crippen LogP contribution is -2.31. The lowest BCUT2D eigenvalue weighted by molar-refractivity contribution is -0.134. The zero-order valence-electron chi connectivity index (χ0n) is 12.4. The number of hydrogen-bond acceptors (Lipinski definition) is 3. The number of amides is 1. The minimum absolute atomic E-state index is 0.0522. The molecule has 0 fully saturated rings. The molecule has 4 nitrogen and oxygen atoms in total. The Morgan fingerprint density at radius 1 is 1.33 bits per heavy atom. The summed E-state index contributed by atoms with van der Waals surface area (Å²) in [5.74, 6) is 0.0930. The maximum Gasteiger partial charge on any atom is 0.387 e. The van der Waals surface area contributed by atoms with Crippen LogP contribution in [0.5, 0.6) is 5.75 Å². The molecule has 0 aliphatic rings. The van der Waals surface area contributed by atoms with Gasteiger partial charge in [-0.15, -0.1) is 0 Å². The van der Waals surface area contributed by atoms with Crippen molar-refractivity contribution in [1.29, 1.82) is 0 Å². The Bertz CT molecular complexity index is 438. The molecule has 1 aromatic carbocycles. The Kier molecular flexibility index (Phi) is 7.08. The summed E-state index contributed by atoms with van der Waals surface area (Å²) in [5, 5.41) is 0. The van der Waals surface area contributed by atoms with Gasteiger partial charge in [0, 0.05) is 19.5 Å². The number of carbonyl (C=O) groups is 1. The molecule has 21 heavy (non-hydrogen) atoms. The second kappa shape index (κ2) is 8.56. The molecule has 1 unspecified atom stereocenters. The molecule has 1 amide bonds. The van der Waals surface area contributed by atoms with Crippen LogP contribution in [0.15, 0.2) is 24.3 Å². The quantitative estimate of drug-likeness (QED) is 0.803. The summed E-state index contributed by atoms with van der Waals surface area (Å²) in [6, 6.07) is 6.29. The Morgan fingerprint density at radius 3 is 2.48 bits per heavy atom. The minimum Gasteiger partial charge on any atom is -0.435 e. The van der Waals surface area contributed by atoms with Gasteiger partial charge >= 0.3 is 6.61 Å². The van der Waals surface area contributed by atoms with E-state index in [2.05, 4.69) is 4.74 Å². The Balaban J connectivity index is 2.53. The van der Waals surface area contributed by atoms with Crippen molar-refractivity contribution in [3.05, 3.63) is 29.8 Å². The number of nitrogens with two attached hydrogens (primary N) is 1. The second-order valence-corrected chi connectivity index (χ2v) is 5.05. The molecule has 1 rings (SSSR count). The van der Waals surface area contributed by atoms with E-state index >= 15 is 0 Å². The van der Waals surface area contributed by atoms with Crippen LogP contribution in [-0.2, 0) is 11.3 Å². The Hall–Kier alpha value is -1.69.